The first kappa shape index (κ1) is 16.9. The molecule has 0 radical (unpaired) electrons. The van der Waals surface area contributed by atoms with Gasteiger partial charge in [0, 0.05) is 19.4 Å². The van der Waals surface area contributed by atoms with Crippen LogP contribution >= 0.6 is 0 Å². The molecule has 0 fully saturated rings. The molecule has 120 valence electrons. The summed E-state index contributed by atoms with van der Waals surface area (Å²) in [5.74, 6) is 4.64. The van der Waals surface area contributed by atoms with Crippen molar-refractivity contribution in [2.24, 2.45) is 5.84 Å². The number of hydrogen-bond donors (Lipinski definition) is 3. The highest BCUT2D eigenvalue weighted by atomic mass is 16.2. The Labute approximate surface area is 135 Å². The molecule has 1 amide bonds. The normalized spacial score (nSPS) is 10.3. The molecular weight excluding hydrogens is 290 g/mol. The van der Waals surface area contributed by atoms with E-state index in [1.165, 1.54) is 5.56 Å². The molecule has 0 spiro atoms. The number of Topliss-reactive ketones (excluding diaryl/α,β-unsaturated/α-hetero) is 1. The molecule has 5 nitrogen and oxygen atoms in total. The second kappa shape index (κ2) is 8.82. The van der Waals surface area contributed by atoms with Crippen LogP contribution < -0.4 is 16.6 Å². The van der Waals surface area contributed by atoms with Crippen molar-refractivity contribution in [1.29, 1.82) is 0 Å². The van der Waals surface area contributed by atoms with Crippen molar-refractivity contribution in [2.75, 3.05) is 6.54 Å². The minimum Gasteiger partial charge on any atom is -0.306 e. The fraction of sp³-hybridized carbons (Fsp3) is 0.222. The average molecular weight is 311 g/mol. The van der Waals surface area contributed by atoms with E-state index in [1.807, 2.05) is 35.8 Å². The van der Waals surface area contributed by atoms with Crippen molar-refractivity contribution >= 4 is 11.7 Å². The second-order valence-corrected chi connectivity index (χ2v) is 5.28. The van der Waals surface area contributed by atoms with Crippen LogP contribution in [0, 0.1) is 0 Å². The molecule has 0 aliphatic heterocycles. The summed E-state index contributed by atoms with van der Waals surface area (Å²) in [5, 5.41) is 3.11. The maximum absolute atomic E-state index is 11.7. The lowest BCUT2D eigenvalue weighted by molar-refractivity contribution is -0.125. The number of nitrogens with two attached hydrogens (primary N) is 1. The predicted molar refractivity (Wildman–Crippen MR) is 90.2 cm³/mol. The molecule has 5 heteroatoms. The van der Waals surface area contributed by atoms with E-state index in [-0.39, 0.29) is 31.1 Å². The average Bonchev–Trinajstić information content (AvgIpc) is 2.60. The number of carbonyl (C=O) groups is 2. The zero-order valence-corrected chi connectivity index (χ0v) is 12.9. The van der Waals surface area contributed by atoms with Crippen LogP contribution in [0.3, 0.4) is 0 Å². The van der Waals surface area contributed by atoms with Crippen LogP contribution in [-0.4, -0.2) is 18.2 Å². The van der Waals surface area contributed by atoms with E-state index in [4.69, 9.17) is 5.84 Å². The van der Waals surface area contributed by atoms with Crippen molar-refractivity contribution in [3.05, 3.63) is 60.2 Å². The molecule has 0 aliphatic rings. The molecule has 0 aliphatic carbocycles. The number of ketones is 1. The van der Waals surface area contributed by atoms with E-state index in [0.717, 1.165) is 11.1 Å². The molecule has 0 saturated carbocycles. The van der Waals surface area contributed by atoms with Gasteiger partial charge in [0.1, 0.15) is 5.78 Å². The minimum absolute atomic E-state index is 0.00665. The first-order valence-electron chi connectivity index (χ1n) is 7.55. The Hall–Kier alpha value is -2.50. The molecule has 4 N–H and O–H groups in total. The van der Waals surface area contributed by atoms with Crippen molar-refractivity contribution in [3.8, 4) is 11.1 Å². The van der Waals surface area contributed by atoms with Gasteiger partial charge in [-0.25, -0.2) is 5.84 Å². The Kier molecular flexibility index (Phi) is 6.47. The highest BCUT2D eigenvalue weighted by Crippen LogP contribution is 2.19. The van der Waals surface area contributed by atoms with E-state index in [9.17, 15) is 9.59 Å². The van der Waals surface area contributed by atoms with E-state index >= 15 is 0 Å². The molecule has 2 aromatic rings. The third kappa shape index (κ3) is 5.65. The summed E-state index contributed by atoms with van der Waals surface area (Å²) < 4.78 is 0. The fourth-order valence-electron chi connectivity index (χ4n) is 2.25. The summed E-state index contributed by atoms with van der Waals surface area (Å²) >= 11 is 0. The smallest absolute Gasteiger partial charge is 0.234 e. The lowest BCUT2D eigenvalue weighted by Gasteiger charge is -2.07. The van der Waals surface area contributed by atoms with Gasteiger partial charge in [-0.05, 0) is 22.8 Å². The summed E-state index contributed by atoms with van der Waals surface area (Å²) in [4.78, 5) is 22.6. The maximum Gasteiger partial charge on any atom is 0.234 e. The van der Waals surface area contributed by atoms with E-state index in [2.05, 4.69) is 29.6 Å². The van der Waals surface area contributed by atoms with Gasteiger partial charge in [-0.2, -0.15) is 0 Å². The molecule has 0 atom stereocenters. The quantitative estimate of drug-likeness (QED) is 0.394. The first-order chi connectivity index (χ1) is 11.2. The van der Waals surface area contributed by atoms with Crippen LogP contribution in [0.5, 0.6) is 0 Å². The van der Waals surface area contributed by atoms with Crippen LogP contribution in [-0.2, 0) is 16.1 Å². The molecule has 0 unspecified atom stereocenters. The predicted octanol–water partition coefficient (Wildman–Crippen LogP) is 1.78. The van der Waals surface area contributed by atoms with E-state index in [0.29, 0.717) is 6.54 Å². The molecule has 0 bridgehead atoms. The van der Waals surface area contributed by atoms with Gasteiger partial charge in [0.15, 0.2) is 0 Å². The Morgan fingerprint density at radius 3 is 2.39 bits per heavy atom. The van der Waals surface area contributed by atoms with Crippen LogP contribution in [0.2, 0.25) is 0 Å². The topological polar surface area (TPSA) is 84.2 Å². The van der Waals surface area contributed by atoms with Gasteiger partial charge < -0.3 is 5.32 Å². The Morgan fingerprint density at radius 2 is 1.65 bits per heavy atom. The number of rotatable bonds is 8. The third-order valence-corrected chi connectivity index (χ3v) is 3.48. The SMILES string of the molecule is NNC(=O)CCC(=O)CNCc1cccc(-c2ccccc2)c1. The molecular formula is C18H21N3O2. The Balaban J connectivity index is 1.82. The number of amides is 1. The standard InChI is InChI=1S/C18H21N3O2/c19-21-18(23)10-9-17(22)13-20-12-14-5-4-8-16(11-14)15-6-2-1-3-7-15/h1-8,11,20H,9-10,12-13,19H2,(H,21,23). The molecule has 23 heavy (non-hydrogen) atoms. The fourth-order valence-corrected chi connectivity index (χ4v) is 2.25. The largest absolute Gasteiger partial charge is 0.306 e. The van der Waals surface area contributed by atoms with Gasteiger partial charge >= 0.3 is 0 Å². The summed E-state index contributed by atoms with van der Waals surface area (Å²) in [7, 11) is 0. The lowest BCUT2D eigenvalue weighted by atomic mass is 10.0. The number of benzene rings is 2. The Morgan fingerprint density at radius 1 is 0.913 bits per heavy atom. The van der Waals surface area contributed by atoms with Gasteiger partial charge in [0.05, 0.1) is 6.54 Å². The minimum atomic E-state index is -0.325. The van der Waals surface area contributed by atoms with E-state index in [1.54, 1.807) is 0 Å². The van der Waals surface area contributed by atoms with Gasteiger partial charge in [0.2, 0.25) is 5.91 Å². The lowest BCUT2D eigenvalue weighted by Crippen LogP contribution is -2.31. The van der Waals surface area contributed by atoms with Crippen LogP contribution in [0.25, 0.3) is 11.1 Å². The van der Waals surface area contributed by atoms with Crippen molar-refractivity contribution < 1.29 is 9.59 Å². The first-order valence-corrected chi connectivity index (χ1v) is 7.55. The summed E-state index contributed by atoms with van der Waals surface area (Å²) in [5.41, 5.74) is 5.44. The molecule has 2 rings (SSSR count). The molecule has 0 heterocycles. The monoisotopic (exact) mass is 311 g/mol. The zero-order chi connectivity index (χ0) is 16.5. The number of hydrogen-bond acceptors (Lipinski definition) is 4. The highest BCUT2D eigenvalue weighted by Gasteiger charge is 2.06. The summed E-state index contributed by atoms with van der Waals surface area (Å²) in [6.07, 6.45) is 0.320. The van der Waals surface area contributed by atoms with Crippen LogP contribution in [0.4, 0.5) is 0 Å². The maximum atomic E-state index is 11.7. The number of nitrogens with one attached hydrogen (secondary N) is 2. The summed E-state index contributed by atoms with van der Waals surface area (Å²) in [6, 6.07) is 18.3. The number of carbonyl (C=O) groups excluding carboxylic acids is 2. The van der Waals surface area contributed by atoms with Gasteiger partial charge in [-0.1, -0.05) is 48.5 Å². The summed E-state index contributed by atoms with van der Waals surface area (Å²) in [6.45, 7) is 0.850. The highest BCUT2D eigenvalue weighted by molar-refractivity contribution is 5.85. The molecule has 0 aromatic heterocycles. The molecule has 2 aromatic carbocycles. The number of hydrazine groups is 1. The van der Waals surface area contributed by atoms with Gasteiger partial charge in [-0.15, -0.1) is 0 Å². The zero-order valence-electron chi connectivity index (χ0n) is 12.9. The van der Waals surface area contributed by atoms with Crippen molar-refractivity contribution in [1.82, 2.24) is 10.7 Å². The van der Waals surface area contributed by atoms with Gasteiger partial charge in [-0.3, -0.25) is 15.0 Å². The van der Waals surface area contributed by atoms with Crippen molar-refractivity contribution in [3.63, 3.8) is 0 Å². The molecule has 0 saturated heterocycles. The second-order valence-electron chi connectivity index (χ2n) is 5.28. The van der Waals surface area contributed by atoms with E-state index < -0.39 is 0 Å². The van der Waals surface area contributed by atoms with Gasteiger partial charge in [0.25, 0.3) is 0 Å². The van der Waals surface area contributed by atoms with Crippen LogP contribution in [0.15, 0.2) is 54.6 Å². The van der Waals surface area contributed by atoms with Crippen molar-refractivity contribution in [2.45, 2.75) is 19.4 Å². The third-order valence-electron chi connectivity index (χ3n) is 3.48. The Bertz CT molecular complexity index is 656. The van der Waals surface area contributed by atoms with Crippen LogP contribution in [0.1, 0.15) is 18.4 Å².